The second kappa shape index (κ2) is 11.1. The van der Waals surface area contributed by atoms with Crippen molar-refractivity contribution in [2.75, 3.05) is 6.79 Å². The summed E-state index contributed by atoms with van der Waals surface area (Å²) >= 11 is 0. The normalized spacial score (nSPS) is 11.5. The van der Waals surface area contributed by atoms with Gasteiger partial charge in [0.05, 0.1) is 22.0 Å². The Kier molecular flexibility index (Phi) is 7.41. The topological polar surface area (TPSA) is 125 Å². The van der Waals surface area contributed by atoms with Crippen molar-refractivity contribution >= 4 is 23.0 Å². The second-order valence-electron chi connectivity index (χ2n) is 10.4. The smallest absolute Gasteiger partial charge is 0.343 e. The van der Waals surface area contributed by atoms with Gasteiger partial charge in [0.25, 0.3) is 0 Å². The number of ether oxygens (including phenoxy) is 2. The Bertz CT molecular complexity index is 1650. The number of esters is 2. The lowest BCUT2D eigenvalue weighted by Crippen LogP contribution is -2.24. The van der Waals surface area contributed by atoms with Crippen LogP contribution in [0.5, 0.6) is 0 Å². The number of aryl methyl sites for hydroxylation is 1. The number of carbonyl (C=O) groups is 2. The van der Waals surface area contributed by atoms with Gasteiger partial charge in [0.2, 0.25) is 6.79 Å². The minimum absolute atomic E-state index is 0.364. The predicted molar refractivity (Wildman–Crippen MR) is 149 cm³/mol. The number of hydrogen-bond donors (Lipinski definition) is 1. The molecule has 5 aromatic rings. The Balaban J connectivity index is 1.41. The van der Waals surface area contributed by atoms with Gasteiger partial charge in [-0.05, 0) is 60.0 Å². The van der Waals surface area contributed by atoms with Gasteiger partial charge in [-0.3, -0.25) is 4.79 Å². The van der Waals surface area contributed by atoms with Gasteiger partial charge in [-0.1, -0.05) is 61.5 Å². The number of H-pyrrole nitrogens is 1. The molecule has 0 bridgehead atoms. The van der Waals surface area contributed by atoms with Crippen LogP contribution in [0.15, 0.2) is 66.7 Å². The molecule has 0 aliphatic carbocycles. The first-order chi connectivity index (χ1) is 19.3. The molecule has 0 saturated carbocycles. The number of carbonyl (C=O) groups excluding carboxylic acids is 2. The van der Waals surface area contributed by atoms with Crippen molar-refractivity contribution in [2.24, 2.45) is 5.41 Å². The molecule has 10 nitrogen and oxygen atoms in total. The molecule has 204 valence electrons. The number of benzene rings is 3. The minimum atomic E-state index is -0.689. The van der Waals surface area contributed by atoms with E-state index in [-0.39, 0.29) is 0 Å². The van der Waals surface area contributed by atoms with E-state index in [2.05, 4.69) is 44.9 Å². The van der Waals surface area contributed by atoms with Crippen molar-refractivity contribution < 1.29 is 19.1 Å². The van der Waals surface area contributed by atoms with E-state index in [1.807, 2.05) is 41.8 Å². The van der Waals surface area contributed by atoms with E-state index in [0.717, 1.165) is 28.1 Å². The Labute approximate surface area is 231 Å². The van der Waals surface area contributed by atoms with Gasteiger partial charge in [0.1, 0.15) is 5.82 Å². The molecule has 10 heteroatoms. The maximum absolute atomic E-state index is 13.1. The second-order valence-corrected chi connectivity index (χ2v) is 10.4. The summed E-state index contributed by atoms with van der Waals surface area (Å²) in [6, 6.07) is 21.5. The zero-order chi connectivity index (χ0) is 28.3. The van der Waals surface area contributed by atoms with Crippen molar-refractivity contribution in [3.05, 3.63) is 83.7 Å². The summed E-state index contributed by atoms with van der Waals surface area (Å²) < 4.78 is 12.5. The van der Waals surface area contributed by atoms with Crippen LogP contribution >= 0.6 is 0 Å². The molecule has 2 heterocycles. The maximum atomic E-state index is 13.1. The number of hydrogen-bond acceptors (Lipinski definition) is 8. The van der Waals surface area contributed by atoms with Crippen LogP contribution in [0.4, 0.5) is 0 Å². The van der Waals surface area contributed by atoms with Gasteiger partial charge in [-0.15, -0.1) is 5.10 Å². The number of fused-ring (bicyclic) bond motifs is 1. The lowest BCUT2D eigenvalue weighted by Gasteiger charge is -2.16. The number of nitrogens with one attached hydrogen (secondary N) is 1. The standard InChI is InChI=1S/C30H30N6O4/c1-5-25-31-24-12-8-11-23(28(37)39-18-40-29(38)30(2,3)4)26(24)36(25)17-19-13-15-20(16-14-19)21-9-6-7-10-22(21)27-32-34-35-33-27/h6-16H,5,17-18H2,1-4H3,(H,32,33,34,35). The fraction of sp³-hybridized carbons (Fsp3) is 0.267. The van der Waals surface area contributed by atoms with Gasteiger partial charge < -0.3 is 14.0 Å². The zero-order valence-corrected chi connectivity index (χ0v) is 22.8. The molecule has 0 aliphatic heterocycles. The molecule has 0 saturated heterocycles. The molecule has 0 fully saturated rings. The largest absolute Gasteiger partial charge is 0.427 e. The number of tetrazole rings is 1. The number of para-hydroxylation sites is 1. The van der Waals surface area contributed by atoms with Crippen LogP contribution in [0.1, 0.15) is 49.4 Å². The fourth-order valence-electron chi connectivity index (χ4n) is 4.46. The molecule has 5 rings (SSSR count). The first kappa shape index (κ1) is 26.7. The first-order valence-electron chi connectivity index (χ1n) is 13.0. The highest BCUT2D eigenvalue weighted by Gasteiger charge is 2.24. The van der Waals surface area contributed by atoms with Crippen LogP contribution in [-0.2, 0) is 27.2 Å². The molecule has 0 spiro atoms. The van der Waals surface area contributed by atoms with Gasteiger partial charge in [0.15, 0.2) is 5.82 Å². The van der Waals surface area contributed by atoms with E-state index in [1.54, 1.807) is 32.9 Å². The van der Waals surface area contributed by atoms with Crippen molar-refractivity contribution in [1.82, 2.24) is 30.2 Å². The summed E-state index contributed by atoms with van der Waals surface area (Å²) in [5, 5.41) is 14.3. The summed E-state index contributed by atoms with van der Waals surface area (Å²) in [5.74, 6) is 0.428. The van der Waals surface area contributed by atoms with Crippen molar-refractivity contribution in [2.45, 2.75) is 40.7 Å². The van der Waals surface area contributed by atoms with Gasteiger partial charge in [-0.25, -0.2) is 14.9 Å². The van der Waals surface area contributed by atoms with Crippen LogP contribution < -0.4 is 0 Å². The van der Waals surface area contributed by atoms with Crippen molar-refractivity contribution in [1.29, 1.82) is 0 Å². The molecule has 0 amide bonds. The molecule has 2 aromatic heterocycles. The average Bonchev–Trinajstić information content (AvgIpc) is 3.61. The van der Waals surface area contributed by atoms with Gasteiger partial charge in [-0.2, -0.15) is 0 Å². The molecule has 0 aliphatic rings. The SMILES string of the molecule is CCc1nc2cccc(C(=O)OCOC(=O)C(C)(C)C)c2n1Cc1ccc(-c2ccccc2-c2nnn[nH]2)cc1. The maximum Gasteiger partial charge on any atom is 0.343 e. The lowest BCUT2D eigenvalue weighted by molar-refractivity contribution is -0.161. The average molecular weight is 539 g/mol. The van der Waals surface area contributed by atoms with Crippen LogP contribution in [-0.4, -0.2) is 48.9 Å². The Hall–Kier alpha value is -4.86. The summed E-state index contributed by atoms with van der Waals surface area (Å²) in [6.07, 6.45) is 0.684. The number of aromatic amines is 1. The van der Waals surface area contributed by atoms with Gasteiger partial charge >= 0.3 is 11.9 Å². The van der Waals surface area contributed by atoms with E-state index in [9.17, 15) is 9.59 Å². The molecule has 1 N–H and O–H groups in total. The molecule has 0 unspecified atom stereocenters. The Morgan fingerprint density at radius 2 is 1.68 bits per heavy atom. The lowest BCUT2D eigenvalue weighted by atomic mass is 9.98. The fourth-order valence-corrected chi connectivity index (χ4v) is 4.46. The Morgan fingerprint density at radius 1 is 0.925 bits per heavy atom. The number of aromatic nitrogens is 6. The van der Waals surface area contributed by atoms with E-state index < -0.39 is 24.1 Å². The van der Waals surface area contributed by atoms with E-state index in [1.165, 1.54) is 0 Å². The quantitative estimate of drug-likeness (QED) is 0.211. The van der Waals surface area contributed by atoms with Crippen LogP contribution in [0.2, 0.25) is 0 Å². The summed E-state index contributed by atoms with van der Waals surface area (Å²) in [6.45, 7) is 7.30. The number of nitrogens with zero attached hydrogens (tertiary/aromatic N) is 5. The van der Waals surface area contributed by atoms with Crippen molar-refractivity contribution in [3.8, 4) is 22.5 Å². The molecular weight excluding hydrogens is 508 g/mol. The third kappa shape index (κ3) is 5.47. The summed E-state index contributed by atoms with van der Waals surface area (Å²) in [5.41, 5.74) is 5.03. The number of rotatable bonds is 8. The van der Waals surface area contributed by atoms with Crippen LogP contribution in [0, 0.1) is 5.41 Å². The monoisotopic (exact) mass is 538 g/mol. The molecular formula is C30H30N6O4. The highest BCUT2D eigenvalue weighted by atomic mass is 16.7. The first-order valence-corrected chi connectivity index (χ1v) is 13.0. The Morgan fingerprint density at radius 3 is 2.35 bits per heavy atom. The highest BCUT2D eigenvalue weighted by Crippen LogP contribution is 2.30. The predicted octanol–water partition coefficient (Wildman–Crippen LogP) is 5.20. The third-order valence-electron chi connectivity index (χ3n) is 6.51. The van der Waals surface area contributed by atoms with Crippen molar-refractivity contribution in [3.63, 3.8) is 0 Å². The van der Waals surface area contributed by atoms with Gasteiger partial charge in [0, 0.05) is 18.5 Å². The zero-order valence-electron chi connectivity index (χ0n) is 22.8. The molecule has 0 atom stereocenters. The van der Waals surface area contributed by atoms with E-state index in [0.29, 0.717) is 35.4 Å². The van der Waals surface area contributed by atoms with E-state index in [4.69, 9.17) is 14.5 Å². The third-order valence-corrected chi connectivity index (χ3v) is 6.51. The molecule has 0 radical (unpaired) electrons. The minimum Gasteiger partial charge on any atom is -0.427 e. The molecule has 40 heavy (non-hydrogen) atoms. The van der Waals surface area contributed by atoms with Crippen LogP contribution in [0.25, 0.3) is 33.5 Å². The number of imidazole rings is 1. The van der Waals surface area contributed by atoms with E-state index >= 15 is 0 Å². The summed E-state index contributed by atoms with van der Waals surface area (Å²) in [4.78, 5) is 29.9. The summed E-state index contributed by atoms with van der Waals surface area (Å²) in [7, 11) is 0. The molecule has 3 aromatic carbocycles. The highest BCUT2D eigenvalue weighted by molar-refractivity contribution is 6.02. The van der Waals surface area contributed by atoms with Crippen LogP contribution in [0.3, 0.4) is 0 Å².